The summed E-state index contributed by atoms with van der Waals surface area (Å²) in [7, 11) is 0. The summed E-state index contributed by atoms with van der Waals surface area (Å²) >= 11 is 1.57. The van der Waals surface area contributed by atoms with Crippen LogP contribution in [0.25, 0.3) is 0 Å². The second kappa shape index (κ2) is 8.43. The predicted molar refractivity (Wildman–Crippen MR) is 88.6 cm³/mol. The molecule has 2 heterocycles. The fourth-order valence-corrected chi connectivity index (χ4v) is 3.45. The van der Waals surface area contributed by atoms with Crippen molar-refractivity contribution in [2.45, 2.75) is 39.5 Å². The maximum atomic E-state index is 11.2. The number of aliphatic carboxylic acids is 1. The number of hydrogen-bond donors (Lipinski definition) is 1. The minimum Gasteiger partial charge on any atom is -0.481 e. The van der Waals surface area contributed by atoms with E-state index < -0.39 is 11.9 Å². The number of anilines is 1. The number of aryl methyl sites for hydroxylation is 1. The van der Waals surface area contributed by atoms with Gasteiger partial charge < -0.3 is 14.9 Å². The molecule has 7 heteroatoms. The van der Waals surface area contributed by atoms with Crippen LogP contribution >= 0.6 is 11.3 Å². The van der Waals surface area contributed by atoms with E-state index in [0.29, 0.717) is 6.54 Å². The zero-order valence-electron chi connectivity index (χ0n) is 13.5. The number of aromatic nitrogens is 2. The lowest BCUT2D eigenvalue weighted by molar-refractivity contribution is -0.140. The second-order valence-corrected chi connectivity index (χ2v) is 6.96. The summed E-state index contributed by atoms with van der Waals surface area (Å²) in [6.45, 7) is 8.38. The molecule has 6 nitrogen and oxygen atoms in total. The van der Waals surface area contributed by atoms with Gasteiger partial charge in [-0.1, -0.05) is 31.6 Å². The van der Waals surface area contributed by atoms with Crippen LogP contribution in [0.4, 0.5) is 5.13 Å². The molecule has 1 atom stereocenters. The van der Waals surface area contributed by atoms with E-state index in [1.807, 2.05) is 0 Å². The Morgan fingerprint density at radius 2 is 2.09 bits per heavy atom. The summed E-state index contributed by atoms with van der Waals surface area (Å²) in [5.74, 6) is -1.17. The van der Waals surface area contributed by atoms with Crippen LogP contribution in [0.1, 0.15) is 38.1 Å². The molecule has 22 heavy (non-hydrogen) atoms. The first-order chi connectivity index (χ1) is 10.6. The van der Waals surface area contributed by atoms with Crippen LogP contribution in [0, 0.1) is 5.92 Å². The molecular formula is C15H26N4O2S. The van der Waals surface area contributed by atoms with Crippen molar-refractivity contribution in [2.75, 3.05) is 37.6 Å². The molecule has 0 bridgehead atoms. The lowest BCUT2D eigenvalue weighted by Gasteiger charge is -2.30. The van der Waals surface area contributed by atoms with Gasteiger partial charge >= 0.3 is 5.97 Å². The standard InChI is InChI=1S/C15H26N4O2S/c1-3-13-16-17-15(22-13)19(11-12(2)14(20)21)10-9-18-7-5-4-6-8-18/h12H,3-11H2,1-2H3,(H,20,21). The lowest BCUT2D eigenvalue weighted by atomic mass is 10.1. The normalized spacial score (nSPS) is 17.4. The van der Waals surface area contributed by atoms with Gasteiger partial charge in [-0.3, -0.25) is 4.79 Å². The van der Waals surface area contributed by atoms with Crippen molar-refractivity contribution < 1.29 is 9.90 Å². The van der Waals surface area contributed by atoms with Gasteiger partial charge in [0, 0.05) is 19.6 Å². The third-order valence-corrected chi connectivity index (χ3v) is 5.21. The average Bonchev–Trinajstić information content (AvgIpc) is 3.01. The van der Waals surface area contributed by atoms with Crippen molar-refractivity contribution in [3.8, 4) is 0 Å². The number of hydrogen-bond acceptors (Lipinski definition) is 6. The molecule has 0 aliphatic carbocycles. The van der Waals surface area contributed by atoms with E-state index in [0.717, 1.165) is 42.7 Å². The Morgan fingerprint density at radius 3 is 2.68 bits per heavy atom. The highest BCUT2D eigenvalue weighted by molar-refractivity contribution is 7.15. The minimum atomic E-state index is -0.761. The fourth-order valence-electron chi connectivity index (χ4n) is 2.63. The first kappa shape index (κ1) is 17.1. The van der Waals surface area contributed by atoms with Crippen molar-refractivity contribution in [3.05, 3.63) is 5.01 Å². The number of carboxylic acids is 1. The van der Waals surface area contributed by atoms with Gasteiger partial charge in [0.25, 0.3) is 0 Å². The van der Waals surface area contributed by atoms with E-state index in [9.17, 15) is 9.90 Å². The van der Waals surface area contributed by atoms with Crippen molar-refractivity contribution in [3.63, 3.8) is 0 Å². The zero-order chi connectivity index (χ0) is 15.9. The molecule has 0 aromatic carbocycles. The van der Waals surface area contributed by atoms with E-state index in [1.165, 1.54) is 19.3 Å². The highest BCUT2D eigenvalue weighted by Crippen LogP contribution is 2.22. The van der Waals surface area contributed by atoms with Gasteiger partial charge in [-0.15, -0.1) is 10.2 Å². The minimum absolute atomic E-state index is 0.407. The monoisotopic (exact) mass is 326 g/mol. The van der Waals surface area contributed by atoms with Gasteiger partial charge in [-0.25, -0.2) is 0 Å². The molecule has 0 radical (unpaired) electrons. The maximum absolute atomic E-state index is 11.2. The third-order valence-electron chi connectivity index (χ3n) is 4.08. The Labute approximate surface area is 136 Å². The highest BCUT2D eigenvalue weighted by atomic mass is 32.1. The van der Waals surface area contributed by atoms with Gasteiger partial charge in [-0.2, -0.15) is 0 Å². The van der Waals surface area contributed by atoms with E-state index in [2.05, 4.69) is 26.9 Å². The summed E-state index contributed by atoms with van der Waals surface area (Å²) in [5, 5.41) is 19.4. The predicted octanol–water partition coefficient (Wildman–Crippen LogP) is 2.11. The quantitative estimate of drug-likeness (QED) is 0.789. The topological polar surface area (TPSA) is 69.6 Å². The number of piperidine rings is 1. The number of carboxylic acid groups (broad SMARTS) is 1. The molecule has 1 aliphatic rings. The molecular weight excluding hydrogens is 300 g/mol. The van der Waals surface area contributed by atoms with E-state index in [1.54, 1.807) is 18.3 Å². The van der Waals surface area contributed by atoms with Crippen LogP contribution in [-0.2, 0) is 11.2 Å². The zero-order valence-corrected chi connectivity index (χ0v) is 14.3. The van der Waals surface area contributed by atoms with Gasteiger partial charge in [0.05, 0.1) is 5.92 Å². The Bertz CT molecular complexity index is 474. The molecule has 0 amide bonds. The molecule has 1 aromatic heterocycles. The Hall–Kier alpha value is -1.21. The Kier molecular flexibility index (Phi) is 6.57. The third kappa shape index (κ3) is 4.91. The first-order valence-corrected chi connectivity index (χ1v) is 8.94. The summed E-state index contributed by atoms with van der Waals surface area (Å²) < 4.78 is 0. The van der Waals surface area contributed by atoms with Crippen LogP contribution in [0.3, 0.4) is 0 Å². The number of likely N-dealkylation sites (tertiary alicyclic amines) is 1. The molecule has 0 saturated carbocycles. The largest absolute Gasteiger partial charge is 0.481 e. The van der Waals surface area contributed by atoms with Crippen molar-refractivity contribution in [2.24, 2.45) is 5.92 Å². The van der Waals surface area contributed by atoms with Gasteiger partial charge in [-0.05, 0) is 32.4 Å². The lowest BCUT2D eigenvalue weighted by Crippen LogP contribution is -2.40. The van der Waals surface area contributed by atoms with E-state index in [4.69, 9.17) is 0 Å². The fraction of sp³-hybridized carbons (Fsp3) is 0.800. The van der Waals surface area contributed by atoms with Crippen LogP contribution in [-0.4, -0.2) is 58.9 Å². The number of nitrogens with zero attached hydrogens (tertiary/aromatic N) is 4. The molecule has 0 spiro atoms. The van der Waals surface area contributed by atoms with Gasteiger partial charge in [0.1, 0.15) is 5.01 Å². The van der Waals surface area contributed by atoms with Crippen LogP contribution in [0.5, 0.6) is 0 Å². The molecule has 2 rings (SSSR count). The summed E-state index contributed by atoms with van der Waals surface area (Å²) in [6, 6.07) is 0. The van der Waals surface area contributed by atoms with Crippen molar-refractivity contribution >= 4 is 22.4 Å². The molecule has 1 saturated heterocycles. The molecule has 1 aliphatic heterocycles. The van der Waals surface area contributed by atoms with Gasteiger partial charge in [0.15, 0.2) is 0 Å². The molecule has 124 valence electrons. The highest BCUT2D eigenvalue weighted by Gasteiger charge is 2.20. The summed E-state index contributed by atoms with van der Waals surface area (Å²) in [5.41, 5.74) is 0. The summed E-state index contributed by atoms with van der Waals surface area (Å²) in [6.07, 6.45) is 4.73. The maximum Gasteiger partial charge on any atom is 0.308 e. The van der Waals surface area contributed by atoms with Gasteiger partial charge in [0.2, 0.25) is 5.13 Å². The van der Waals surface area contributed by atoms with Crippen LogP contribution in [0.15, 0.2) is 0 Å². The number of rotatable bonds is 8. The molecule has 1 fully saturated rings. The average molecular weight is 326 g/mol. The smallest absolute Gasteiger partial charge is 0.308 e. The van der Waals surface area contributed by atoms with Crippen LogP contribution in [0.2, 0.25) is 0 Å². The summed E-state index contributed by atoms with van der Waals surface area (Å²) in [4.78, 5) is 15.7. The molecule has 1 aromatic rings. The Balaban J connectivity index is 1.98. The second-order valence-electron chi connectivity index (χ2n) is 5.92. The molecule has 1 unspecified atom stereocenters. The number of carbonyl (C=O) groups is 1. The van der Waals surface area contributed by atoms with Crippen molar-refractivity contribution in [1.82, 2.24) is 15.1 Å². The van der Waals surface area contributed by atoms with E-state index in [-0.39, 0.29) is 0 Å². The first-order valence-electron chi connectivity index (χ1n) is 8.12. The molecule has 1 N–H and O–H groups in total. The Morgan fingerprint density at radius 1 is 1.36 bits per heavy atom. The SMILES string of the molecule is CCc1nnc(N(CCN2CCCCC2)CC(C)C(=O)O)s1. The van der Waals surface area contributed by atoms with E-state index >= 15 is 0 Å². The van der Waals surface area contributed by atoms with Crippen molar-refractivity contribution in [1.29, 1.82) is 0 Å². The van der Waals surface area contributed by atoms with Crippen LogP contribution < -0.4 is 4.90 Å².